The van der Waals surface area contributed by atoms with Gasteiger partial charge in [-0.05, 0) is 48.9 Å². The van der Waals surface area contributed by atoms with Crippen LogP contribution in [0.4, 0.5) is 4.39 Å². The Hall–Kier alpha value is -1.88. The van der Waals surface area contributed by atoms with Gasteiger partial charge in [0.15, 0.2) is 0 Å². The smallest absolute Gasteiger partial charge is 0.248 e. The van der Waals surface area contributed by atoms with E-state index in [1.807, 2.05) is 19.1 Å². The summed E-state index contributed by atoms with van der Waals surface area (Å²) in [5.41, 5.74) is 6.67. The number of hydrogen-bond acceptors (Lipinski definition) is 2. The molecular formula is C15H13BrFNO2. The summed E-state index contributed by atoms with van der Waals surface area (Å²) in [7, 11) is 0. The summed E-state index contributed by atoms with van der Waals surface area (Å²) in [6, 6.07) is 9.53. The van der Waals surface area contributed by atoms with Gasteiger partial charge < -0.3 is 10.5 Å². The minimum atomic E-state index is -0.592. The Morgan fingerprint density at radius 2 is 2.05 bits per heavy atom. The molecular weight excluding hydrogens is 325 g/mol. The lowest BCUT2D eigenvalue weighted by Crippen LogP contribution is -2.12. The third-order valence-electron chi connectivity index (χ3n) is 2.85. The Morgan fingerprint density at radius 1 is 1.30 bits per heavy atom. The highest BCUT2D eigenvalue weighted by molar-refractivity contribution is 9.10. The van der Waals surface area contributed by atoms with Crippen LogP contribution >= 0.6 is 15.9 Å². The van der Waals surface area contributed by atoms with E-state index < -0.39 is 11.7 Å². The molecule has 0 saturated carbocycles. The molecule has 0 aliphatic rings. The van der Waals surface area contributed by atoms with E-state index in [-0.39, 0.29) is 12.2 Å². The minimum absolute atomic E-state index is 0.0371. The number of hydrogen-bond donors (Lipinski definition) is 1. The molecule has 0 spiro atoms. The van der Waals surface area contributed by atoms with Crippen molar-refractivity contribution in [1.82, 2.24) is 0 Å². The highest BCUT2D eigenvalue weighted by Crippen LogP contribution is 2.23. The Morgan fingerprint density at radius 3 is 2.70 bits per heavy atom. The van der Waals surface area contributed by atoms with Crippen molar-refractivity contribution in [3.8, 4) is 5.75 Å². The lowest BCUT2D eigenvalue weighted by Gasteiger charge is -2.10. The quantitative estimate of drug-likeness (QED) is 0.927. The molecule has 0 unspecified atom stereocenters. The fourth-order valence-electron chi connectivity index (χ4n) is 1.77. The molecule has 2 aromatic carbocycles. The molecule has 0 fully saturated rings. The molecule has 104 valence electrons. The van der Waals surface area contributed by atoms with E-state index in [1.165, 1.54) is 18.2 Å². The van der Waals surface area contributed by atoms with E-state index in [1.54, 1.807) is 6.07 Å². The van der Waals surface area contributed by atoms with Gasteiger partial charge in [0.05, 0.1) is 0 Å². The van der Waals surface area contributed by atoms with E-state index in [0.717, 1.165) is 10.0 Å². The molecule has 0 aliphatic carbocycles. The predicted octanol–water partition coefficient (Wildman–Crippen LogP) is 3.57. The Balaban J connectivity index is 2.18. The van der Waals surface area contributed by atoms with Crippen molar-refractivity contribution in [2.75, 3.05) is 0 Å². The summed E-state index contributed by atoms with van der Waals surface area (Å²) in [6.07, 6.45) is 0. The number of carbonyl (C=O) groups is 1. The van der Waals surface area contributed by atoms with Gasteiger partial charge in [0.2, 0.25) is 5.91 Å². The average molecular weight is 338 g/mol. The fraction of sp³-hybridized carbons (Fsp3) is 0.133. The first-order valence-corrected chi connectivity index (χ1v) is 6.74. The SMILES string of the molecule is Cc1cc(Br)ccc1OCc1cc(C(N)=O)ccc1F. The predicted molar refractivity (Wildman–Crippen MR) is 78.1 cm³/mol. The van der Waals surface area contributed by atoms with Crippen molar-refractivity contribution >= 4 is 21.8 Å². The maximum Gasteiger partial charge on any atom is 0.248 e. The highest BCUT2D eigenvalue weighted by atomic mass is 79.9. The average Bonchev–Trinajstić information content (AvgIpc) is 2.39. The number of primary amides is 1. The fourth-order valence-corrected chi connectivity index (χ4v) is 2.24. The first kappa shape index (κ1) is 14.5. The summed E-state index contributed by atoms with van der Waals surface area (Å²) in [5.74, 6) is -0.354. The third kappa shape index (κ3) is 3.36. The lowest BCUT2D eigenvalue weighted by molar-refractivity contribution is 0.1000. The molecule has 0 saturated heterocycles. The molecule has 0 atom stereocenters. The Kier molecular flexibility index (Phi) is 4.39. The normalized spacial score (nSPS) is 10.3. The molecule has 1 amide bonds. The zero-order chi connectivity index (χ0) is 14.7. The number of benzene rings is 2. The van der Waals surface area contributed by atoms with Crippen LogP contribution < -0.4 is 10.5 Å². The number of amides is 1. The molecule has 0 aromatic heterocycles. The second-order valence-electron chi connectivity index (χ2n) is 4.37. The number of ether oxygens (including phenoxy) is 1. The van der Waals surface area contributed by atoms with E-state index in [0.29, 0.717) is 11.3 Å². The molecule has 20 heavy (non-hydrogen) atoms. The van der Waals surface area contributed by atoms with Crippen LogP contribution in [0.3, 0.4) is 0 Å². The van der Waals surface area contributed by atoms with Gasteiger partial charge in [-0.15, -0.1) is 0 Å². The molecule has 0 aliphatic heterocycles. The van der Waals surface area contributed by atoms with Crippen LogP contribution in [0.5, 0.6) is 5.75 Å². The van der Waals surface area contributed by atoms with E-state index in [2.05, 4.69) is 15.9 Å². The zero-order valence-electron chi connectivity index (χ0n) is 10.8. The summed E-state index contributed by atoms with van der Waals surface area (Å²) in [6.45, 7) is 1.94. The number of halogens is 2. The van der Waals surface area contributed by atoms with Crippen LogP contribution in [0.15, 0.2) is 40.9 Å². The molecule has 3 nitrogen and oxygen atoms in total. The second-order valence-corrected chi connectivity index (χ2v) is 5.28. The number of rotatable bonds is 4. The maximum atomic E-state index is 13.7. The van der Waals surface area contributed by atoms with Gasteiger partial charge in [0, 0.05) is 15.6 Å². The molecule has 2 rings (SSSR count). The standard InChI is InChI=1S/C15H13BrFNO2/c1-9-6-12(16)3-5-14(9)20-8-11-7-10(15(18)19)2-4-13(11)17/h2-7H,8H2,1H3,(H2,18,19). The van der Waals surface area contributed by atoms with Crippen molar-refractivity contribution in [3.05, 3.63) is 63.4 Å². The van der Waals surface area contributed by atoms with Crippen LogP contribution in [0, 0.1) is 12.7 Å². The van der Waals surface area contributed by atoms with Gasteiger partial charge in [-0.2, -0.15) is 0 Å². The van der Waals surface area contributed by atoms with Gasteiger partial charge >= 0.3 is 0 Å². The lowest BCUT2D eigenvalue weighted by atomic mass is 10.1. The van der Waals surface area contributed by atoms with Crippen molar-refractivity contribution in [1.29, 1.82) is 0 Å². The van der Waals surface area contributed by atoms with Crippen LogP contribution in [-0.4, -0.2) is 5.91 Å². The minimum Gasteiger partial charge on any atom is -0.489 e. The monoisotopic (exact) mass is 337 g/mol. The van der Waals surface area contributed by atoms with E-state index in [9.17, 15) is 9.18 Å². The molecule has 5 heteroatoms. The molecule has 2 N–H and O–H groups in total. The van der Waals surface area contributed by atoms with Crippen molar-refractivity contribution < 1.29 is 13.9 Å². The van der Waals surface area contributed by atoms with E-state index >= 15 is 0 Å². The van der Waals surface area contributed by atoms with Crippen LogP contribution in [-0.2, 0) is 6.61 Å². The molecule has 0 bridgehead atoms. The summed E-state index contributed by atoms with van der Waals surface area (Å²) >= 11 is 3.36. The second kappa shape index (κ2) is 6.05. The van der Waals surface area contributed by atoms with Gasteiger partial charge in [-0.3, -0.25) is 4.79 Å². The Labute approximate surface area is 124 Å². The van der Waals surface area contributed by atoms with Crippen molar-refractivity contribution in [3.63, 3.8) is 0 Å². The number of carbonyl (C=O) groups excluding carboxylic acids is 1. The summed E-state index contributed by atoms with van der Waals surface area (Å²) < 4.78 is 20.2. The molecule has 0 radical (unpaired) electrons. The third-order valence-corrected chi connectivity index (χ3v) is 3.34. The van der Waals surface area contributed by atoms with Crippen LogP contribution in [0.1, 0.15) is 21.5 Å². The molecule has 2 aromatic rings. The number of nitrogens with two attached hydrogens (primary N) is 1. The highest BCUT2D eigenvalue weighted by Gasteiger charge is 2.08. The van der Waals surface area contributed by atoms with Crippen LogP contribution in [0.2, 0.25) is 0 Å². The largest absolute Gasteiger partial charge is 0.489 e. The maximum absolute atomic E-state index is 13.7. The van der Waals surface area contributed by atoms with Gasteiger partial charge in [-0.1, -0.05) is 15.9 Å². The van der Waals surface area contributed by atoms with Crippen molar-refractivity contribution in [2.24, 2.45) is 5.73 Å². The first-order valence-electron chi connectivity index (χ1n) is 5.94. The van der Waals surface area contributed by atoms with Gasteiger partial charge in [0.25, 0.3) is 0 Å². The van der Waals surface area contributed by atoms with E-state index in [4.69, 9.17) is 10.5 Å². The van der Waals surface area contributed by atoms with Gasteiger partial charge in [0.1, 0.15) is 18.2 Å². The van der Waals surface area contributed by atoms with Crippen molar-refractivity contribution in [2.45, 2.75) is 13.5 Å². The summed E-state index contributed by atoms with van der Waals surface area (Å²) in [4.78, 5) is 11.1. The molecule has 0 heterocycles. The Bertz CT molecular complexity index is 658. The summed E-state index contributed by atoms with van der Waals surface area (Å²) in [5, 5.41) is 0. The zero-order valence-corrected chi connectivity index (χ0v) is 12.4. The van der Waals surface area contributed by atoms with Crippen LogP contribution in [0.25, 0.3) is 0 Å². The number of aryl methyl sites for hydroxylation is 1. The van der Waals surface area contributed by atoms with Gasteiger partial charge in [-0.25, -0.2) is 4.39 Å². The first-order chi connectivity index (χ1) is 9.47. The topological polar surface area (TPSA) is 52.3 Å².